The Morgan fingerprint density at radius 1 is 1.09 bits per heavy atom. The third kappa shape index (κ3) is 6.35. The molecule has 2 bridgehead atoms. The summed E-state index contributed by atoms with van der Waals surface area (Å²) < 4.78 is 4.90. The number of hydrogen-bond acceptors (Lipinski definition) is 5. The van der Waals surface area contributed by atoms with Crippen LogP contribution >= 0.6 is 0 Å². The number of aromatic hydroxyl groups is 1. The van der Waals surface area contributed by atoms with Crippen LogP contribution in [-0.2, 0) is 20.7 Å². The summed E-state index contributed by atoms with van der Waals surface area (Å²) in [5.41, 5.74) is 2.48. The largest absolute Gasteiger partial charge is 0.508 e. The van der Waals surface area contributed by atoms with Crippen molar-refractivity contribution in [2.24, 2.45) is 0 Å². The van der Waals surface area contributed by atoms with Crippen LogP contribution in [0.3, 0.4) is 0 Å². The Kier molecular flexibility index (Phi) is 7.65. The molecule has 2 aromatic rings. The van der Waals surface area contributed by atoms with E-state index in [1.165, 1.54) is 30.9 Å². The molecule has 0 saturated carbocycles. The molecule has 2 heterocycles. The molecule has 6 nitrogen and oxygen atoms in total. The predicted octanol–water partition coefficient (Wildman–Crippen LogP) is 3.78. The van der Waals surface area contributed by atoms with Gasteiger partial charge in [0.15, 0.2) is 6.61 Å². The van der Waals surface area contributed by atoms with Gasteiger partial charge in [0.05, 0.1) is 0 Å². The molecule has 4 rings (SSSR count). The number of carbonyl (C=O) groups is 2. The van der Waals surface area contributed by atoms with Gasteiger partial charge in [0.2, 0.25) is 0 Å². The van der Waals surface area contributed by atoms with E-state index in [0.717, 1.165) is 32.2 Å². The van der Waals surface area contributed by atoms with Gasteiger partial charge in [-0.25, -0.2) is 0 Å². The van der Waals surface area contributed by atoms with E-state index in [9.17, 15) is 14.7 Å². The van der Waals surface area contributed by atoms with Crippen LogP contribution in [0.2, 0.25) is 0 Å². The molecule has 2 N–H and O–H groups in total. The van der Waals surface area contributed by atoms with Gasteiger partial charge in [-0.2, -0.15) is 0 Å². The first-order valence-corrected chi connectivity index (χ1v) is 12.0. The Hall–Kier alpha value is -2.86. The Morgan fingerprint density at radius 2 is 1.82 bits per heavy atom. The van der Waals surface area contributed by atoms with E-state index in [1.54, 1.807) is 6.07 Å². The molecule has 2 aromatic carbocycles. The van der Waals surface area contributed by atoms with Gasteiger partial charge in [-0.3, -0.25) is 14.5 Å². The maximum absolute atomic E-state index is 12.4. The van der Waals surface area contributed by atoms with Gasteiger partial charge in [-0.05, 0) is 67.7 Å². The van der Waals surface area contributed by atoms with Crippen LogP contribution in [0.25, 0.3) is 0 Å². The number of phenols is 1. The van der Waals surface area contributed by atoms with Crippen LogP contribution in [0.1, 0.15) is 56.1 Å². The summed E-state index contributed by atoms with van der Waals surface area (Å²) in [5.74, 6) is 0.106. The highest BCUT2D eigenvalue weighted by Gasteiger charge is 2.41. The number of benzene rings is 2. The lowest BCUT2D eigenvalue weighted by Gasteiger charge is -2.41. The van der Waals surface area contributed by atoms with Crippen molar-refractivity contribution >= 4 is 11.9 Å². The number of esters is 1. The number of nitrogens with one attached hydrogen (secondary N) is 1. The molecule has 2 saturated heterocycles. The molecule has 0 spiro atoms. The van der Waals surface area contributed by atoms with Crippen molar-refractivity contribution in [1.82, 2.24) is 10.2 Å². The van der Waals surface area contributed by atoms with Crippen LogP contribution in [0, 0.1) is 0 Å². The Morgan fingerprint density at radius 3 is 2.48 bits per heavy atom. The van der Waals surface area contributed by atoms with Crippen molar-refractivity contribution in [3.63, 3.8) is 0 Å². The molecule has 1 amide bonds. The third-order valence-electron chi connectivity index (χ3n) is 7.05. The van der Waals surface area contributed by atoms with Crippen molar-refractivity contribution < 1.29 is 19.4 Å². The molecular weight excluding hydrogens is 416 g/mol. The van der Waals surface area contributed by atoms with Crippen LogP contribution in [-0.4, -0.2) is 53.2 Å². The van der Waals surface area contributed by atoms with Crippen LogP contribution in [0.15, 0.2) is 54.6 Å². The number of piperidine rings is 1. The molecule has 0 aromatic heterocycles. The molecule has 176 valence electrons. The number of nitrogens with zero attached hydrogens (tertiary/aromatic N) is 1. The fourth-order valence-electron chi connectivity index (χ4n) is 5.51. The molecule has 2 aliphatic heterocycles. The fourth-order valence-corrected chi connectivity index (χ4v) is 5.51. The number of hydrogen-bond donors (Lipinski definition) is 2. The van der Waals surface area contributed by atoms with Gasteiger partial charge >= 0.3 is 5.97 Å². The lowest BCUT2D eigenvalue weighted by atomic mass is 9.84. The normalized spacial score (nSPS) is 23.1. The number of aryl methyl sites for hydroxylation is 1. The van der Waals surface area contributed by atoms with Crippen molar-refractivity contribution in [1.29, 1.82) is 0 Å². The zero-order valence-electron chi connectivity index (χ0n) is 19.3. The molecule has 2 aliphatic rings. The van der Waals surface area contributed by atoms with E-state index in [1.807, 2.05) is 30.3 Å². The SMILES string of the molecule is CC(=O)OCC(=O)NC(CCc1ccccc1)CN1[C@@H]2CC[C@@H]1CC(c1cccc(O)c1)C2. The van der Waals surface area contributed by atoms with Gasteiger partial charge in [0.1, 0.15) is 5.75 Å². The molecule has 3 atom stereocenters. The molecule has 1 unspecified atom stereocenters. The first-order chi connectivity index (χ1) is 16.0. The first kappa shape index (κ1) is 23.3. The number of rotatable bonds is 9. The van der Waals surface area contributed by atoms with E-state index in [4.69, 9.17) is 4.74 Å². The summed E-state index contributed by atoms with van der Waals surface area (Å²) >= 11 is 0. The summed E-state index contributed by atoms with van der Waals surface area (Å²) in [6.07, 6.45) is 6.22. The quantitative estimate of drug-likeness (QED) is 0.569. The maximum Gasteiger partial charge on any atom is 0.303 e. The zero-order valence-corrected chi connectivity index (χ0v) is 19.3. The second kappa shape index (κ2) is 10.8. The summed E-state index contributed by atoms with van der Waals surface area (Å²) in [6, 6.07) is 19.0. The number of phenolic OH excluding ortho intramolecular Hbond substituents is 1. The molecule has 33 heavy (non-hydrogen) atoms. The number of ether oxygens (including phenoxy) is 1. The summed E-state index contributed by atoms with van der Waals surface area (Å²) in [7, 11) is 0. The minimum absolute atomic E-state index is 0.00585. The lowest BCUT2D eigenvalue weighted by Crippen LogP contribution is -2.51. The maximum atomic E-state index is 12.4. The summed E-state index contributed by atoms with van der Waals surface area (Å²) in [5, 5.41) is 13.0. The average Bonchev–Trinajstić information content (AvgIpc) is 3.03. The average molecular weight is 451 g/mol. The minimum atomic E-state index is -0.446. The van der Waals surface area contributed by atoms with Gasteiger partial charge < -0.3 is 15.2 Å². The van der Waals surface area contributed by atoms with Crippen molar-refractivity contribution in [2.45, 2.75) is 69.5 Å². The first-order valence-electron chi connectivity index (χ1n) is 12.0. The highest BCUT2D eigenvalue weighted by atomic mass is 16.5. The third-order valence-corrected chi connectivity index (χ3v) is 7.05. The number of fused-ring (bicyclic) bond motifs is 2. The van der Waals surface area contributed by atoms with Crippen molar-refractivity contribution in [3.8, 4) is 5.75 Å². The minimum Gasteiger partial charge on any atom is -0.508 e. The van der Waals surface area contributed by atoms with E-state index in [-0.39, 0.29) is 18.6 Å². The van der Waals surface area contributed by atoms with Gasteiger partial charge in [0.25, 0.3) is 5.91 Å². The van der Waals surface area contributed by atoms with E-state index in [0.29, 0.717) is 23.8 Å². The molecule has 0 radical (unpaired) electrons. The van der Waals surface area contributed by atoms with Crippen LogP contribution < -0.4 is 5.32 Å². The van der Waals surface area contributed by atoms with Crippen molar-refractivity contribution in [2.75, 3.05) is 13.2 Å². The molecule has 2 fully saturated rings. The Bertz CT molecular complexity index is 934. The monoisotopic (exact) mass is 450 g/mol. The Labute approximate surface area is 195 Å². The van der Waals surface area contributed by atoms with Gasteiger partial charge in [-0.15, -0.1) is 0 Å². The highest BCUT2D eigenvalue weighted by molar-refractivity contribution is 5.80. The summed E-state index contributed by atoms with van der Waals surface area (Å²) in [6.45, 7) is 1.89. The molecule has 6 heteroatoms. The second-order valence-electron chi connectivity index (χ2n) is 9.41. The van der Waals surface area contributed by atoms with Gasteiger partial charge in [-0.1, -0.05) is 42.5 Å². The lowest BCUT2D eigenvalue weighted by molar-refractivity contribution is -0.146. The highest BCUT2D eigenvalue weighted by Crippen LogP contribution is 2.43. The Balaban J connectivity index is 1.40. The van der Waals surface area contributed by atoms with Crippen LogP contribution in [0.5, 0.6) is 5.75 Å². The van der Waals surface area contributed by atoms with E-state index < -0.39 is 5.97 Å². The smallest absolute Gasteiger partial charge is 0.303 e. The number of carbonyl (C=O) groups excluding carboxylic acids is 2. The predicted molar refractivity (Wildman–Crippen MR) is 127 cm³/mol. The molecular formula is C27H34N2O4. The van der Waals surface area contributed by atoms with E-state index >= 15 is 0 Å². The van der Waals surface area contributed by atoms with Crippen LogP contribution in [0.4, 0.5) is 0 Å². The molecule has 0 aliphatic carbocycles. The van der Waals surface area contributed by atoms with Crippen molar-refractivity contribution in [3.05, 3.63) is 65.7 Å². The number of amides is 1. The summed E-state index contributed by atoms with van der Waals surface area (Å²) in [4.78, 5) is 26.1. The van der Waals surface area contributed by atoms with E-state index in [2.05, 4.69) is 28.4 Å². The topological polar surface area (TPSA) is 78.9 Å². The standard InChI is InChI=1S/C27H34N2O4/c1-19(30)33-18-27(32)28-23(11-10-20-6-3-2-4-7-20)17-29-24-12-13-25(29)15-22(14-24)21-8-5-9-26(31)16-21/h2-9,16,22-25,31H,10-15,17-18H2,1H3,(H,28,32)/t23?,24-,25-/m1/s1. The van der Waals surface area contributed by atoms with Gasteiger partial charge in [0, 0.05) is 31.6 Å². The fraction of sp³-hybridized carbons (Fsp3) is 0.481. The zero-order chi connectivity index (χ0) is 23.2. The second-order valence-corrected chi connectivity index (χ2v) is 9.41.